The lowest BCUT2D eigenvalue weighted by Crippen LogP contribution is -2.44. The van der Waals surface area contributed by atoms with Crippen LogP contribution in [-0.2, 0) is 0 Å². The van der Waals surface area contributed by atoms with E-state index >= 15 is 0 Å². The van der Waals surface area contributed by atoms with Crippen molar-refractivity contribution in [1.29, 1.82) is 0 Å². The Balaban J connectivity index is 2.19. The molecule has 3 heteroatoms. The summed E-state index contributed by atoms with van der Waals surface area (Å²) in [7, 11) is 0. The first-order valence-corrected chi connectivity index (χ1v) is 6.83. The highest BCUT2D eigenvalue weighted by Crippen LogP contribution is 2.28. The number of halogens is 1. The van der Waals surface area contributed by atoms with Gasteiger partial charge in [-0.1, -0.05) is 19.1 Å². The molecule has 2 rings (SSSR count). The van der Waals surface area contributed by atoms with Crippen LogP contribution in [0.2, 0.25) is 0 Å². The van der Waals surface area contributed by atoms with E-state index in [1.54, 1.807) is 0 Å². The second-order valence-corrected chi connectivity index (χ2v) is 5.60. The predicted octanol–water partition coefficient (Wildman–Crippen LogP) is 2.95. The van der Waals surface area contributed by atoms with E-state index in [0.29, 0.717) is 0 Å². The number of piperidine rings is 1. The Hall–Kier alpha value is -0.930. The third-order valence-corrected chi connectivity index (χ3v) is 3.79. The Morgan fingerprint density at radius 3 is 2.56 bits per heavy atom. The van der Waals surface area contributed by atoms with Crippen molar-refractivity contribution in [2.24, 2.45) is 11.7 Å². The van der Waals surface area contributed by atoms with Crippen molar-refractivity contribution in [3.05, 3.63) is 35.6 Å². The average Bonchev–Trinajstić information content (AvgIpc) is 2.32. The molecule has 1 aliphatic rings. The summed E-state index contributed by atoms with van der Waals surface area (Å²) in [5, 5.41) is 0. The van der Waals surface area contributed by atoms with E-state index in [0.717, 1.165) is 24.6 Å². The van der Waals surface area contributed by atoms with Gasteiger partial charge in [-0.3, -0.25) is 4.90 Å². The first-order chi connectivity index (χ1) is 8.58. The number of likely N-dealkylation sites (tertiary alicyclic amines) is 1. The summed E-state index contributed by atoms with van der Waals surface area (Å²) in [5.74, 6) is 0.537. The lowest BCUT2D eigenvalue weighted by molar-refractivity contribution is 0.116. The van der Waals surface area contributed by atoms with Crippen molar-refractivity contribution in [2.75, 3.05) is 13.1 Å². The Morgan fingerprint density at radius 2 is 2.00 bits per heavy atom. The fourth-order valence-electron chi connectivity index (χ4n) is 2.99. The minimum atomic E-state index is -0.186. The molecule has 2 N–H and O–H groups in total. The van der Waals surface area contributed by atoms with Crippen LogP contribution in [0.3, 0.4) is 0 Å². The van der Waals surface area contributed by atoms with E-state index in [1.165, 1.54) is 25.0 Å². The quantitative estimate of drug-likeness (QED) is 0.893. The first-order valence-electron chi connectivity index (χ1n) is 6.83. The number of rotatable bonds is 3. The van der Waals surface area contributed by atoms with E-state index in [1.807, 2.05) is 19.1 Å². The summed E-state index contributed by atoms with van der Waals surface area (Å²) in [6.07, 6.45) is 2.52. The summed E-state index contributed by atoms with van der Waals surface area (Å²) in [4.78, 5) is 2.45. The minimum Gasteiger partial charge on any atom is -0.326 e. The van der Waals surface area contributed by atoms with Crippen molar-refractivity contribution < 1.29 is 4.39 Å². The molecule has 0 bridgehead atoms. The van der Waals surface area contributed by atoms with Crippen LogP contribution in [0, 0.1) is 11.7 Å². The van der Waals surface area contributed by atoms with Gasteiger partial charge in [0.25, 0.3) is 0 Å². The molecule has 0 amide bonds. The van der Waals surface area contributed by atoms with E-state index in [-0.39, 0.29) is 17.9 Å². The number of nitrogens with zero attached hydrogens (tertiary/aromatic N) is 1. The van der Waals surface area contributed by atoms with Crippen molar-refractivity contribution in [2.45, 2.75) is 38.8 Å². The maximum atomic E-state index is 13.0. The zero-order valence-corrected chi connectivity index (χ0v) is 11.3. The van der Waals surface area contributed by atoms with Crippen molar-refractivity contribution in [1.82, 2.24) is 4.90 Å². The number of nitrogens with two attached hydrogens (primary N) is 1. The van der Waals surface area contributed by atoms with E-state index in [9.17, 15) is 4.39 Å². The molecule has 1 aromatic carbocycles. The standard InChI is InChI=1S/C15H23FN2/c1-11-4-3-9-18(10-11)15(12(2)17)13-5-7-14(16)8-6-13/h5-8,11-12,15H,3-4,9-10,17H2,1-2H3. The number of hydrogen-bond acceptors (Lipinski definition) is 2. The van der Waals surface area contributed by atoms with Gasteiger partial charge in [-0.2, -0.15) is 0 Å². The predicted molar refractivity (Wildman–Crippen MR) is 72.8 cm³/mol. The molecule has 1 aromatic rings. The van der Waals surface area contributed by atoms with E-state index in [4.69, 9.17) is 5.73 Å². The summed E-state index contributed by atoms with van der Waals surface area (Å²) < 4.78 is 13.0. The Kier molecular flexibility index (Phi) is 4.36. The van der Waals surface area contributed by atoms with Crippen LogP contribution in [0.5, 0.6) is 0 Å². The summed E-state index contributed by atoms with van der Waals surface area (Å²) in [6.45, 7) is 6.50. The summed E-state index contributed by atoms with van der Waals surface area (Å²) in [6, 6.07) is 7.04. The van der Waals surface area contributed by atoms with Crippen LogP contribution in [0.15, 0.2) is 24.3 Å². The summed E-state index contributed by atoms with van der Waals surface area (Å²) in [5.41, 5.74) is 7.27. The van der Waals surface area contributed by atoms with Crippen LogP contribution in [0.4, 0.5) is 4.39 Å². The van der Waals surface area contributed by atoms with Gasteiger partial charge in [0.15, 0.2) is 0 Å². The van der Waals surface area contributed by atoms with Crippen molar-refractivity contribution in [3.8, 4) is 0 Å². The average molecular weight is 250 g/mol. The maximum Gasteiger partial charge on any atom is 0.123 e. The molecule has 0 radical (unpaired) electrons. The second-order valence-electron chi connectivity index (χ2n) is 5.60. The van der Waals surface area contributed by atoms with Gasteiger partial charge in [0.1, 0.15) is 5.82 Å². The maximum absolute atomic E-state index is 13.0. The molecule has 2 nitrogen and oxygen atoms in total. The molecule has 3 atom stereocenters. The molecule has 1 saturated heterocycles. The van der Waals surface area contributed by atoms with Gasteiger partial charge in [-0.25, -0.2) is 4.39 Å². The molecule has 0 spiro atoms. The second kappa shape index (κ2) is 5.81. The molecule has 3 unspecified atom stereocenters. The lowest BCUT2D eigenvalue weighted by Gasteiger charge is -2.39. The van der Waals surface area contributed by atoms with Gasteiger partial charge in [-0.15, -0.1) is 0 Å². The lowest BCUT2D eigenvalue weighted by atomic mass is 9.93. The Morgan fingerprint density at radius 1 is 1.33 bits per heavy atom. The molecule has 1 aliphatic heterocycles. The highest BCUT2D eigenvalue weighted by Gasteiger charge is 2.27. The largest absolute Gasteiger partial charge is 0.326 e. The molecule has 1 fully saturated rings. The molecular formula is C15H23FN2. The molecule has 0 saturated carbocycles. The minimum absolute atomic E-state index is 0.0563. The van der Waals surface area contributed by atoms with E-state index in [2.05, 4.69) is 11.8 Å². The zero-order valence-electron chi connectivity index (χ0n) is 11.3. The van der Waals surface area contributed by atoms with Crippen molar-refractivity contribution >= 4 is 0 Å². The molecule has 100 valence electrons. The zero-order chi connectivity index (χ0) is 13.1. The fraction of sp³-hybridized carbons (Fsp3) is 0.600. The highest BCUT2D eigenvalue weighted by atomic mass is 19.1. The van der Waals surface area contributed by atoms with Crippen LogP contribution in [0.1, 0.15) is 38.3 Å². The Bertz CT molecular complexity index is 375. The molecule has 0 aliphatic carbocycles. The third-order valence-electron chi connectivity index (χ3n) is 3.79. The highest BCUT2D eigenvalue weighted by molar-refractivity contribution is 5.21. The van der Waals surface area contributed by atoms with Gasteiger partial charge >= 0.3 is 0 Å². The smallest absolute Gasteiger partial charge is 0.123 e. The molecule has 1 heterocycles. The molecule has 18 heavy (non-hydrogen) atoms. The molecular weight excluding hydrogens is 227 g/mol. The van der Waals surface area contributed by atoms with Gasteiger partial charge in [0, 0.05) is 18.6 Å². The van der Waals surface area contributed by atoms with Gasteiger partial charge < -0.3 is 5.73 Å². The van der Waals surface area contributed by atoms with Gasteiger partial charge in [0.2, 0.25) is 0 Å². The monoisotopic (exact) mass is 250 g/mol. The molecule has 0 aromatic heterocycles. The SMILES string of the molecule is CC1CCCN(C(c2ccc(F)cc2)C(C)N)C1. The Labute approximate surface area is 109 Å². The van der Waals surface area contributed by atoms with Crippen LogP contribution in [-0.4, -0.2) is 24.0 Å². The summed E-state index contributed by atoms with van der Waals surface area (Å²) >= 11 is 0. The van der Waals surface area contributed by atoms with Crippen molar-refractivity contribution in [3.63, 3.8) is 0 Å². The van der Waals surface area contributed by atoms with Crippen LogP contribution < -0.4 is 5.73 Å². The van der Waals surface area contributed by atoms with Gasteiger partial charge in [-0.05, 0) is 49.9 Å². The number of benzene rings is 1. The fourth-order valence-corrected chi connectivity index (χ4v) is 2.99. The normalized spacial score (nSPS) is 24.8. The van der Waals surface area contributed by atoms with Crippen LogP contribution in [0.25, 0.3) is 0 Å². The van der Waals surface area contributed by atoms with E-state index < -0.39 is 0 Å². The van der Waals surface area contributed by atoms with Crippen LogP contribution >= 0.6 is 0 Å². The van der Waals surface area contributed by atoms with Gasteiger partial charge in [0.05, 0.1) is 0 Å². The third kappa shape index (κ3) is 3.09. The number of hydrogen-bond donors (Lipinski definition) is 1. The first kappa shape index (κ1) is 13.5. The topological polar surface area (TPSA) is 29.3 Å².